The standard InChI is InChI=1S/C18H26F2N2O3/c1-17(8-18(19,20)9-17)16(24)22-13-4-2-3-10(13)5-21-15(23)14-11-6-25-7-12(11)14/h10-14H,2-9H2,1H3,(H,21,23)(H,22,24)/t10?,11-,12+,13?,14?. The molecule has 0 aromatic heterocycles. The lowest BCUT2D eigenvalue weighted by Crippen LogP contribution is -2.56. The third-order valence-corrected chi connectivity index (χ3v) is 6.61. The molecule has 4 fully saturated rings. The fraction of sp³-hybridized carbons (Fsp3) is 0.889. The largest absolute Gasteiger partial charge is 0.381 e. The zero-order chi connectivity index (χ0) is 17.8. The topological polar surface area (TPSA) is 67.4 Å². The fourth-order valence-corrected chi connectivity index (χ4v) is 5.04. The van der Waals surface area contributed by atoms with Crippen LogP contribution in [0.25, 0.3) is 0 Å². The summed E-state index contributed by atoms with van der Waals surface area (Å²) in [5.41, 5.74) is -0.953. The predicted molar refractivity (Wildman–Crippen MR) is 85.9 cm³/mol. The van der Waals surface area contributed by atoms with Gasteiger partial charge in [-0.05, 0) is 30.6 Å². The Morgan fingerprint density at radius 1 is 1.16 bits per heavy atom. The molecule has 0 spiro atoms. The molecule has 1 heterocycles. The number of nitrogens with one attached hydrogen (secondary N) is 2. The molecule has 5 nitrogen and oxygen atoms in total. The summed E-state index contributed by atoms with van der Waals surface area (Å²) in [5, 5.41) is 6.01. The lowest BCUT2D eigenvalue weighted by atomic mass is 9.66. The van der Waals surface area contributed by atoms with Crippen molar-refractivity contribution in [3.8, 4) is 0 Å². The number of ether oxygens (including phenoxy) is 1. The van der Waals surface area contributed by atoms with E-state index in [9.17, 15) is 18.4 Å². The molecule has 7 heteroatoms. The summed E-state index contributed by atoms with van der Waals surface area (Å²) >= 11 is 0. The molecule has 0 aromatic carbocycles. The second-order valence-corrected chi connectivity index (χ2v) is 8.68. The maximum absolute atomic E-state index is 13.1. The van der Waals surface area contributed by atoms with Crippen LogP contribution in [-0.2, 0) is 14.3 Å². The molecule has 3 unspecified atom stereocenters. The van der Waals surface area contributed by atoms with Gasteiger partial charge in [0.05, 0.1) is 18.6 Å². The fourth-order valence-electron chi connectivity index (χ4n) is 5.04. The molecular weight excluding hydrogens is 330 g/mol. The first-order valence-corrected chi connectivity index (χ1v) is 9.33. The first kappa shape index (κ1) is 17.2. The summed E-state index contributed by atoms with van der Waals surface area (Å²) in [4.78, 5) is 24.6. The molecule has 0 radical (unpaired) electrons. The van der Waals surface area contributed by atoms with Crippen LogP contribution in [0.5, 0.6) is 0 Å². The molecule has 0 bridgehead atoms. The molecule has 3 aliphatic carbocycles. The normalized spacial score (nSPS) is 40.0. The maximum Gasteiger partial charge on any atom is 0.250 e. The van der Waals surface area contributed by atoms with E-state index in [0.717, 1.165) is 19.3 Å². The van der Waals surface area contributed by atoms with E-state index in [0.29, 0.717) is 31.6 Å². The Kier molecular flexibility index (Phi) is 4.05. The summed E-state index contributed by atoms with van der Waals surface area (Å²) in [6, 6.07) is -0.0270. The highest BCUT2D eigenvalue weighted by atomic mass is 19.3. The van der Waals surface area contributed by atoms with Gasteiger partial charge in [-0.15, -0.1) is 0 Å². The second kappa shape index (κ2) is 5.89. The molecule has 3 saturated carbocycles. The van der Waals surface area contributed by atoms with Crippen LogP contribution in [0.1, 0.15) is 39.0 Å². The number of hydrogen-bond donors (Lipinski definition) is 2. The van der Waals surface area contributed by atoms with Crippen molar-refractivity contribution >= 4 is 11.8 Å². The van der Waals surface area contributed by atoms with Gasteiger partial charge in [-0.2, -0.15) is 0 Å². The van der Waals surface area contributed by atoms with E-state index in [1.807, 2.05) is 0 Å². The molecule has 5 atom stereocenters. The van der Waals surface area contributed by atoms with Crippen LogP contribution >= 0.6 is 0 Å². The smallest absolute Gasteiger partial charge is 0.250 e. The van der Waals surface area contributed by atoms with Crippen molar-refractivity contribution in [1.82, 2.24) is 10.6 Å². The van der Waals surface area contributed by atoms with Crippen LogP contribution in [-0.4, -0.2) is 43.5 Å². The lowest BCUT2D eigenvalue weighted by Gasteiger charge is -2.44. The Morgan fingerprint density at radius 3 is 2.48 bits per heavy atom. The van der Waals surface area contributed by atoms with E-state index in [1.165, 1.54) is 0 Å². The van der Waals surface area contributed by atoms with E-state index in [4.69, 9.17) is 4.74 Å². The molecule has 2 N–H and O–H groups in total. The Hall–Kier alpha value is -1.24. The highest BCUT2D eigenvalue weighted by Crippen LogP contribution is 2.52. The van der Waals surface area contributed by atoms with Crippen molar-refractivity contribution in [2.75, 3.05) is 19.8 Å². The number of alkyl halides is 2. The van der Waals surface area contributed by atoms with Gasteiger partial charge in [-0.25, -0.2) is 8.78 Å². The van der Waals surface area contributed by atoms with Crippen molar-refractivity contribution in [1.29, 1.82) is 0 Å². The number of carbonyl (C=O) groups excluding carboxylic acids is 2. The van der Waals surface area contributed by atoms with Crippen LogP contribution in [0.4, 0.5) is 8.78 Å². The minimum Gasteiger partial charge on any atom is -0.381 e. The van der Waals surface area contributed by atoms with Gasteiger partial charge in [0.25, 0.3) is 0 Å². The molecule has 4 rings (SSSR count). The second-order valence-electron chi connectivity index (χ2n) is 8.68. The molecule has 4 aliphatic rings. The Labute approximate surface area is 146 Å². The van der Waals surface area contributed by atoms with Gasteiger partial charge in [0, 0.05) is 31.3 Å². The Balaban J connectivity index is 1.25. The van der Waals surface area contributed by atoms with Crippen molar-refractivity contribution in [2.24, 2.45) is 29.1 Å². The predicted octanol–water partition coefficient (Wildman–Crippen LogP) is 1.72. The highest BCUT2D eigenvalue weighted by molar-refractivity contribution is 5.84. The molecule has 2 amide bonds. The molecule has 25 heavy (non-hydrogen) atoms. The van der Waals surface area contributed by atoms with Gasteiger partial charge in [-0.1, -0.05) is 13.3 Å². The van der Waals surface area contributed by atoms with Crippen molar-refractivity contribution < 1.29 is 23.1 Å². The lowest BCUT2D eigenvalue weighted by molar-refractivity contribution is -0.175. The summed E-state index contributed by atoms with van der Waals surface area (Å²) < 4.78 is 31.6. The number of carbonyl (C=O) groups is 2. The zero-order valence-electron chi connectivity index (χ0n) is 14.5. The number of hydrogen-bond acceptors (Lipinski definition) is 3. The van der Waals surface area contributed by atoms with Gasteiger partial charge < -0.3 is 15.4 Å². The zero-order valence-corrected chi connectivity index (χ0v) is 14.5. The average Bonchev–Trinajstić information content (AvgIpc) is 2.88. The summed E-state index contributed by atoms with van der Waals surface area (Å²) in [6.07, 6.45) is 2.04. The third-order valence-electron chi connectivity index (χ3n) is 6.61. The molecule has 1 saturated heterocycles. The molecular formula is C18H26F2N2O3. The number of fused-ring (bicyclic) bond motifs is 1. The highest BCUT2D eigenvalue weighted by Gasteiger charge is 2.59. The summed E-state index contributed by atoms with van der Waals surface area (Å²) in [7, 11) is 0. The average molecular weight is 356 g/mol. The van der Waals surface area contributed by atoms with E-state index < -0.39 is 11.3 Å². The van der Waals surface area contributed by atoms with Crippen LogP contribution in [0, 0.1) is 29.1 Å². The van der Waals surface area contributed by atoms with Gasteiger partial charge in [0.1, 0.15) is 0 Å². The van der Waals surface area contributed by atoms with Gasteiger partial charge in [0.2, 0.25) is 17.7 Å². The quantitative estimate of drug-likeness (QED) is 0.788. The monoisotopic (exact) mass is 356 g/mol. The van der Waals surface area contributed by atoms with Crippen LogP contribution in [0.3, 0.4) is 0 Å². The number of rotatable bonds is 5. The van der Waals surface area contributed by atoms with Crippen LogP contribution in [0.2, 0.25) is 0 Å². The summed E-state index contributed by atoms with van der Waals surface area (Å²) in [5.74, 6) is -1.82. The van der Waals surface area contributed by atoms with Crippen molar-refractivity contribution in [3.63, 3.8) is 0 Å². The van der Waals surface area contributed by atoms with Crippen molar-refractivity contribution in [2.45, 2.75) is 51.0 Å². The first-order chi connectivity index (χ1) is 11.8. The molecule has 140 valence electrons. The maximum atomic E-state index is 13.1. The van der Waals surface area contributed by atoms with Gasteiger partial charge >= 0.3 is 0 Å². The van der Waals surface area contributed by atoms with E-state index in [-0.39, 0.29) is 42.5 Å². The van der Waals surface area contributed by atoms with E-state index in [1.54, 1.807) is 6.92 Å². The number of halogens is 2. The first-order valence-electron chi connectivity index (χ1n) is 9.33. The summed E-state index contributed by atoms with van der Waals surface area (Å²) in [6.45, 7) is 3.54. The SMILES string of the molecule is CC1(C(=O)NC2CCCC2CNC(=O)C2[C@H]3COC[C@@H]23)CC(F)(F)C1. The van der Waals surface area contributed by atoms with Gasteiger partial charge in [0.15, 0.2) is 0 Å². The van der Waals surface area contributed by atoms with Crippen LogP contribution < -0.4 is 10.6 Å². The molecule has 1 aliphatic heterocycles. The number of amides is 2. The van der Waals surface area contributed by atoms with E-state index in [2.05, 4.69) is 10.6 Å². The third kappa shape index (κ3) is 3.15. The van der Waals surface area contributed by atoms with Gasteiger partial charge in [-0.3, -0.25) is 9.59 Å². The Morgan fingerprint density at radius 2 is 1.84 bits per heavy atom. The molecule has 0 aromatic rings. The Bertz CT molecular complexity index is 565. The minimum absolute atomic E-state index is 0.0270. The van der Waals surface area contributed by atoms with Crippen LogP contribution in [0.15, 0.2) is 0 Å². The van der Waals surface area contributed by atoms with E-state index >= 15 is 0 Å². The minimum atomic E-state index is -2.71. The van der Waals surface area contributed by atoms with Crippen molar-refractivity contribution in [3.05, 3.63) is 0 Å².